The van der Waals surface area contributed by atoms with E-state index in [2.05, 4.69) is 0 Å². The van der Waals surface area contributed by atoms with E-state index in [0.717, 1.165) is 29.7 Å². The number of carbonyl (C=O) groups is 1. The Morgan fingerprint density at radius 2 is 2.17 bits per heavy atom. The Balaban J connectivity index is 1.90. The van der Waals surface area contributed by atoms with Gasteiger partial charge in [0.1, 0.15) is 0 Å². The van der Waals surface area contributed by atoms with Crippen LogP contribution in [0.2, 0.25) is 0 Å². The lowest BCUT2D eigenvalue weighted by molar-refractivity contribution is -0.129. The van der Waals surface area contributed by atoms with Gasteiger partial charge < -0.3 is 19.6 Å². The smallest absolute Gasteiger partial charge is 0.293 e. The molecular weight excluding hydrogens is 234 g/mol. The molecule has 1 atom stereocenters. The van der Waals surface area contributed by atoms with E-state index >= 15 is 0 Å². The molecule has 0 unspecified atom stereocenters. The van der Waals surface area contributed by atoms with Gasteiger partial charge in [-0.2, -0.15) is 0 Å². The predicted molar refractivity (Wildman–Crippen MR) is 63.2 cm³/mol. The van der Waals surface area contributed by atoms with Gasteiger partial charge in [-0.25, -0.2) is 0 Å². The lowest BCUT2D eigenvalue weighted by atomic mass is 9.82. The monoisotopic (exact) mass is 247 g/mol. The van der Waals surface area contributed by atoms with Crippen LogP contribution >= 0.6 is 0 Å². The third-order valence-electron chi connectivity index (χ3n) is 3.42. The molecule has 3 rings (SSSR count). The Hall–Kier alpha value is -2.04. The molecule has 0 radical (unpaired) electrons. The normalized spacial score (nSPS) is 20.4. The first-order valence-corrected chi connectivity index (χ1v) is 5.86. The molecule has 5 heteroatoms. The Morgan fingerprint density at radius 1 is 1.39 bits per heavy atom. The second-order valence-corrected chi connectivity index (χ2v) is 4.44. The number of nitrogens with one attached hydrogen (secondary N) is 1. The average molecular weight is 247 g/mol. The van der Waals surface area contributed by atoms with Crippen LogP contribution in [0.5, 0.6) is 11.5 Å². The van der Waals surface area contributed by atoms with Gasteiger partial charge in [0, 0.05) is 17.2 Å². The highest BCUT2D eigenvalue weighted by Crippen LogP contribution is 2.38. The maximum absolute atomic E-state index is 10.2. The summed E-state index contributed by atoms with van der Waals surface area (Å²) in [6, 6.07) is 3.80. The third-order valence-corrected chi connectivity index (χ3v) is 3.42. The SMILES string of the molecule is N=C1c2cc3c(cc2CC[C@@H]1COC=O)OCO3. The first kappa shape index (κ1) is 11.1. The van der Waals surface area contributed by atoms with Crippen molar-refractivity contribution in [1.82, 2.24) is 0 Å². The molecule has 0 fully saturated rings. The summed E-state index contributed by atoms with van der Waals surface area (Å²) in [4.78, 5) is 10.2. The molecule has 0 spiro atoms. The van der Waals surface area contributed by atoms with Gasteiger partial charge in [-0.3, -0.25) is 4.79 Å². The maximum atomic E-state index is 10.2. The summed E-state index contributed by atoms with van der Waals surface area (Å²) in [7, 11) is 0. The topological polar surface area (TPSA) is 68.6 Å². The number of benzene rings is 1. The number of fused-ring (bicyclic) bond motifs is 2. The Bertz CT molecular complexity index is 512. The van der Waals surface area contributed by atoms with E-state index in [9.17, 15) is 4.79 Å². The molecule has 5 nitrogen and oxygen atoms in total. The molecular formula is C13H13NO4. The number of hydrogen-bond donors (Lipinski definition) is 1. The summed E-state index contributed by atoms with van der Waals surface area (Å²) < 4.78 is 15.4. The Kier molecular flexibility index (Phi) is 2.66. The number of aryl methyl sites for hydroxylation is 1. The molecule has 18 heavy (non-hydrogen) atoms. The molecule has 0 saturated heterocycles. The molecule has 1 aromatic carbocycles. The zero-order chi connectivity index (χ0) is 12.5. The van der Waals surface area contributed by atoms with Crippen molar-refractivity contribution in [3.05, 3.63) is 23.3 Å². The highest BCUT2D eigenvalue weighted by Gasteiger charge is 2.27. The van der Waals surface area contributed by atoms with Crippen LogP contribution in [0.1, 0.15) is 17.5 Å². The highest BCUT2D eigenvalue weighted by atomic mass is 16.7. The first-order chi connectivity index (χ1) is 8.79. The number of carbonyl (C=O) groups excluding carboxylic acids is 1. The molecule has 0 bridgehead atoms. The minimum atomic E-state index is -0.0249. The second-order valence-electron chi connectivity index (χ2n) is 4.44. The largest absolute Gasteiger partial charge is 0.467 e. The van der Waals surface area contributed by atoms with Gasteiger partial charge in [-0.1, -0.05) is 0 Å². The standard InChI is InChI=1S/C13H13NO4/c14-13-9(5-16-6-15)2-1-8-3-11-12(4-10(8)13)18-7-17-11/h3-4,6,9,14H,1-2,5,7H2/t9-/m1/s1. The van der Waals surface area contributed by atoms with Gasteiger partial charge in [-0.15, -0.1) is 0 Å². The van der Waals surface area contributed by atoms with Crippen LogP contribution < -0.4 is 9.47 Å². The van der Waals surface area contributed by atoms with E-state index < -0.39 is 0 Å². The van der Waals surface area contributed by atoms with Crippen molar-refractivity contribution >= 4 is 12.2 Å². The van der Waals surface area contributed by atoms with Gasteiger partial charge in [0.25, 0.3) is 6.47 Å². The van der Waals surface area contributed by atoms with Crippen LogP contribution in [-0.2, 0) is 16.0 Å². The van der Waals surface area contributed by atoms with Gasteiger partial charge in [-0.05, 0) is 30.5 Å². The predicted octanol–water partition coefficient (Wildman–Crippen LogP) is 1.52. The molecule has 2 aliphatic rings. The van der Waals surface area contributed by atoms with Crippen molar-refractivity contribution < 1.29 is 19.0 Å². The summed E-state index contributed by atoms with van der Waals surface area (Å²) in [6.07, 6.45) is 1.68. The van der Waals surface area contributed by atoms with Crippen LogP contribution in [0.25, 0.3) is 0 Å². The number of rotatable bonds is 3. The lowest BCUT2D eigenvalue weighted by Crippen LogP contribution is -2.26. The van der Waals surface area contributed by atoms with Gasteiger partial charge in [0.2, 0.25) is 6.79 Å². The zero-order valence-electron chi connectivity index (χ0n) is 9.77. The molecule has 0 aromatic heterocycles. The Morgan fingerprint density at radius 3 is 2.94 bits per heavy atom. The molecule has 0 saturated carbocycles. The van der Waals surface area contributed by atoms with E-state index in [1.165, 1.54) is 0 Å². The minimum Gasteiger partial charge on any atom is -0.467 e. The van der Waals surface area contributed by atoms with E-state index in [1.807, 2.05) is 12.1 Å². The Labute approximate surface area is 104 Å². The third kappa shape index (κ3) is 1.72. The van der Waals surface area contributed by atoms with E-state index in [-0.39, 0.29) is 19.3 Å². The van der Waals surface area contributed by atoms with Gasteiger partial charge in [0.05, 0.1) is 6.61 Å². The molecule has 94 valence electrons. The van der Waals surface area contributed by atoms with Crippen molar-refractivity contribution in [1.29, 1.82) is 5.41 Å². The van der Waals surface area contributed by atoms with Crippen LogP contribution in [0.3, 0.4) is 0 Å². The van der Waals surface area contributed by atoms with Crippen molar-refractivity contribution in [3.8, 4) is 11.5 Å². The quantitative estimate of drug-likeness (QED) is 0.822. The molecule has 1 heterocycles. The first-order valence-electron chi connectivity index (χ1n) is 5.86. The molecule has 1 aromatic rings. The summed E-state index contributed by atoms with van der Waals surface area (Å²) in [5.41, 5.74) is 2.49. The molecule has 0 amide bonds. The second kappa shape index (κ2) is 4.33. The van der Waals surface area contributed by atoms with Crippen LogP contribution in [-0.4, -0.2) is 25.6 Å². The zero-order valence-corrected chi connectivity index (χ0v) is 9.77. The van der Waals surface area contributed by atoms with Crippen molar-refractivity contribution in [2.24, 2.45) is 5.92 Å². The maximum Gasteiger partial charge on any atom is 0.293 e. The fourth-order valence-electron chi connectivity index (χ4n) is 2.46. The van der Waals surface area contributed by atoms with E-state index in [0.29, 0.717) is 17.9 Å². The fourth-order valence-corrected chi connectivity index (χ4v) is 2.46. The highest BCUT2D eigenvalue weighted by molar-refractivity contribution is 6.03. The lowest BCUT2D eigenvalue weighted by Gasteiger charge is -2.25. The van der Waals surface area contributed by atoms with E-state index in [4.69, 9.17) is 19.6 Å². The minimum absolute atomic E-state index is 0.0249. The van der Waals surface area contributed by atoms with Gasteiger partial charge >= 0.3 is 0 Å². The molecule has 1 aliphatic carbocycles. The van der Waals surface area contributed by atoms with Crippen LogP contribution in [0.15, 0.2) is 12.1 Å². The van der Waals surface area contributed by atoms with Crippen molar-refractivity contribution in [2.45, 2.75) is 12.8 Å². The summed E-state index contributed by atoms with van der Waals surface area (Å²) in [5.74, 6) is 1.42. The van der Waals surface area contributed by atoms with E-state index in [1.54, 1.807) is 0 Å². The van der Waals surface area contributed by atoms with Crippen LogP contribution in [0.4, 0.5) is 0 Å². The van der Waals surface area contributed by atoms with Crippen molar-refractivity contribution in [3.63, 3.8) is 0 Å². The van der Waals surface area contributed by atoms with Crippen molar-refractivity contribution in [2.75, 3.05) is 13.4 Å². The summed E-state index contributed by atoms with van der Waals surface area (Å²) in [5, 5.41) is 8.18. The molecule has 1 aliphatic heterocycles. The number of ether oxygens (including phenoxy) is 3. The summed E-state index contributed by atoms with van der Waals surface area (Å²) >= 11 is 0. The van der Waals surface area contributed by atoms with Crippen LogP contribution in [0, 0.1) is 11.3 Å². The molecule has 1 N–H and O–H groups in total. The summed E-state index contributed by atoms with van der Waals surface area (Å²) in [6.45, 7) is 0.946. The average Bonchev–Trinajstić information content (AvgIpc) is 2.83. The van der Waals surface area contributed by atoms with Gasteiger partial charge in [0.15, 0.2) is 11.5 Å². The fraction of sp³-hybridized carbons (Fsp3) is 0.385. The number of hydrogen-bond acceptors (Lipinski definition) is 5.